The van der Waals surface area contributed by atoms with Gasteiger partial charge in [-0.05, 0) is 31.9 Å². The Morgan fingerprint density at radius 2 is 2.19 bits per heavy atom. The van der Waals surface area contributed by atoms with Gasteiger partial charge in [-0.2, -0.15) is 5.10 Å². The van der Waals surface area contributed by atoms with Crippen LogP contribution in [-0.2, 0) is 14.1 Å². The number of hydrogen-bond acceptors (Lipinski definition) is 2. The van der Waals surface area contributed by atoms with Gasteiger partial charge in [-0.25, -0.2) is 0 Å². The van der Waals surface area contributed by atoms with Crippen molar-refractivity contribution in [3.63, 3.8) is 0 Å². The Morgan fingerprint density at radius 1 is 1.43 bits per heavy atom. The van der Waals surface area contributed by atoms with Crippen molar-refractivity contribution in [3.8, 4) is 0 Å². The van der Waals surface area contributed by atoms with Crippen LogP contribution in [0.5, 0.6) is 0 Å². The largest absolute Gasteiger partial charge is 0.347 e. The van der Waals surface area contributed by atoms with Gasteiger partial charge in [-0.15, -0.1) is 0 Å². The standard InChI is InChI=1S/C15H19ClN4O/c1-10-13(14(16)19(3)17-10)11-6-5-9-20(11)15(21)12-7-4-8-18(12)2/h4,7-8,11H,5-6,9H2,1-3H3. The van der Waals surface area contributed by atoms with E-state index in [1.165, 1.54) is 0 Å². The molecule has 0 spiro atoms. The van der Waals surface area contributed by atoms with E-state index in [0.717, 1.165) is 30.6 Å². The summed E-state index contributed by atoms with van der Waals surface area (Å²) in [7, 11) is 3.72. The third kappa shape index (κ3) is 2.25. The van der Waals surface area contributed by atoms with Crippen LogP contribution < -0.4 is 0 Å². The second-order valence-electron chi connectivity index (χ2n) is 5.57. The van der Waals surface area contributed by atoms with Gasteiger partial charge in [0.25, 0.3) is 5.91 Å². The molecule has 0 N–H and O–H groups in total. The molecule has 0 aromatic carbocycles. The Hall–Kier alpha value is -1.75. The molecule has 112 valence electrons. The highest BCUT2D eigenvalue weighted by atomic mass is 35.5. The number of likely N-dealkylation sites (tertiary alicyclic amines) is 1. The van der Waals surface area contributed by atoms with E-state index < -0.39 is 0 Å². The number of rotatable bonds is 2. The number of amides is 1. The van der Waals surface area contributed by atoms with Crippen LogP contribution in [0.4, 0.5) is 0 Å². The third-order valence-corrected chi connectivity index (χ3v) is 4.65. The fraction of sp³-hybridized carbons (Fsp3) is 0.467. The van der Waals surface area contributed by atoms with Crippen molar-refractivity contribution in [2.75, 3.05) is 6.54 Å². The Morgan fingerprint density at radius 3 is 2.76 bits per heavy atom. The molecule has 21 heavy (non-hydrogen) atoms. The molecule has 1 saturated heterocycles. The molecule has 3 rings (SSSR count). The van der Waals surface area contributed by atoms with E-state index in [4.69, 9.17) is 11.6 Å². The van der Waals surface area contributed by atoms with E-state index in [2.05, 4.69) is 5.10 Å². The highest BCUT2D eigenvalue weighted by Gasteiger charge is 2.35. The molecule has 5 nitrogen and oxygen atoms in total. The predicted molar refractivity (Wildman–Crippen MR) is 81.4 cm³/mol. The van der Waals surface area contributed by atoms with Crippen molar-refractivity contribution >= 4 is 17.5 Å². The van der Waals surface area contributed by atoms with Gasteiger partial charge in [0.1, 0.15) is 10.8 Å². The summed E-state index contributed by atoms with van der Waals surface area (Å²) < 4.78 is 3.53. The molecule has 1 amide bonds. The molecule has 6 heteroatoms. The lowest BCUT2D eigenvalue weighted by molar-refractivity contribution is 0.0725. The minimum absolute atomic E-state index is 0.0219. The predicted octanol–water partition coefficient (Wildman–Crippen LogP) is 2.70. The summed E-state index contributed by atoms with van der Waals surface area (Å²) in [5, 5.41) is 5.00. The van der Waals surface area contributed by atoms with Crippen molar-refractivity contribution in [1.82, 2.24) is 19.2 Å². The molecule has 1 unspecified atom stereocenters. The number of hydrogen-bond donors (Lipinski definition) is 0. The van der Waals surface area contributed by atoms with Crippen LogP contribution in [0.1, 0.15) is 40.6 Å². The van der Waals surface area contributed by atoms with Crippen molar-refractivity contribution in [3.05, 3.63) is 40.4 Å². The van der Waals surface area contributed by atoms with Gasteiger partial charge in [0.05, 0.1) is 11.7 Å². The Bertz CT molecular complexity index is 688. The lowest BCUT2D eigenvalue weighted by Crippen LogP contribution is -2.32. The van der Waals surface area contributed by atoms with Crippen LogP contribution in [0.2, 0.25) is 5.15 Å². The zero-order chi connectivity index (χ0) is 15.1. The van der Waals surface area contributed by atoms with E-state index in [0.29, 0.717) is 10.8 Å². The fourth-order valence-corrected chi connectivity index (χ4v) is 3.47. The summed E-state index contributed by atoms with van der Waals surface area (Å²) in [6, 6.07) is 3.77. The maximum Gasteiger partial charge on any atom is 0.270 e. The van der Waals surface area contributed by atoms with Gasteiger partial charge in [0, 0.05) is 32.4 Å². The molecular formula is C15H19ClN4O. The maximum absolute atomic E-state index is 12.8. The topological polar surface area (TPSA) is 43.1 Å². The molecule has 1 aliphatic heterocycles. The van der Waals surface area contributed by atoms with E-state index in [1.807, 2.05) is 48.8 Å². The Kier molecular flexibility index (Phi) is 3.53. The summed E-state index contributed by atoms with van der Waals surface area (Å²) in [5.74, 6) is 0.0596. The van der Waals surface area contributed by atoms with E-state index in [9.17, 15) is 4.79 Å². The van der Waals surface area contributed by atoms with Gasteiger partial charge < -0.3 is 9.47 Å². The molecule has 1 fully saturated rings. The van der Waals surface area contributed by atoms with Gasteiger partial charge in [-0.1, -0.05) is 11.6 Å². The smallest absolute Gasteiger partial charge is 0.270 e. The SMILES string of the molecule is Cc1nn(C)c(Cl)c1C1CCCN1C(=O)c1cccn1C. The van der Waals surface area contributed by atoms with E-state index in [1.54, 1.807) is 4.68 Å². The summed E-state index contributed by atoms with van der Waals surface area (Å²) >= 11 is 6.38. The highest BCUT2D eigenvalue weighted by molar-refractivity contribution is 6.30. The second kappa shape index (κ2) is 5.22. The number of aryl methyl sites for hydroxylation is 3. The molecule has 0 bridgehead atoms. The monoisotopic (exact) mass is 306 g/mol. The molecule has 0 radical (unpaired) electrons. The maximum atomic E-state index is 12.8. The summed E-state index contributed by atoms with van der Waals surface area (Å²) in [4.78, 5) is 14.7. The summed E-state index contributed by atoms with van der Waals surface area (Å²) in [6.45, 7) is 2.71. The first-order valence-electron chi connectivity index (χ1n) is 7.12. The number of aromatic nitrogens is 3. The Balaban J connectivity index is 1.96. The van der Waals surface area contributed by atoms with Crippen LogP contribution >= 0.6 is 11.6 Å². The van der Waals surface area contributed by atoms with Gasteiger partial charge >= 0.3 is 0 Å². The molecule has 1 atom stereocenters. The zero-order valence-electron chi connectivity index (χ0n) is 12.5. The van der Waals surface area contributed by atoms with E-state index >= 15 is 0 Å². The minimum Gasteiger partial charge on any atom is -0.347 e. The van der Waals surface area contributed by atoms with Gasteiger partial charge in [-0.3, -0.25) is 9.48 Å². The molecule has 0 aliphatic carbocycles. The highest BCUT2D eigenvalue weighted by Crippen LogP contribution is 2.38. The van der Waals surface area contributed by atoms with Gasteiger partial charge in [0.2, 0.25) is 0 Å². The zero-order valence-corrected chi connectivity index (χ0v) is 13.3. The number of nitrogens with zero attached hydrogens (tertiary/aromatic N) is 4. The van der Waals surface area contributed by atoms with Crippen molar-refractivity contribution in [2.45, 2.75) is 25.8 Å². The first-order chi connectivity index (χ1) is 10.0. The number of carbonyl (C=O) groups excluding carboxylic acids is 1. The molecule has 2 aromatic heterocycles. The van der Waals surface area contributed by atoms with Gasteiger partial charge in [0.15, 0.2) is 0 Å². The summed E-state index contributed by atoms with van der Waals surface area (Å²) in [5.41, 5.74) is 2.60. The fourth-order valence-electron chi connectivity index (χ4n) is 3.17. The average Bonchev–Trinajstić information content (AvgIpc) is 3.11. The Labute approximate surface area is 129 Å². The van der Waals surface area contributed by atoms with Crippen molar-refractivity contribution in [2.24, 2.45) is 14.1 Å². The lowest BCUT2D eigenvalue weighted by atomic mass is 10.1. The first-order valence-corrected chi connectivity index (χ1v) is 7.49. The normalized spacial score (nSPS) is 18.5. The summed E-state index contributed by atoms with van der Waals surface area (Å²) in [6.07, 6.45) is 3.81. The quantitative estimate of drug-likeness (QED) is 0.856. The van der Waals surface area contributed by atoms with Crippen molar-refractivity contribution < 1.29 is 4.79 Å². The second-order valence-corrected chi connectivity index (χ2v) is 5.93. The van der Waals surface area contributed by atoms with Crippen LogP contribution in [0.3, 0.4) is 0 Å². The van der Waals surface area contributed by atoms with Crippen molar-refractivity contribution in [1.29, 1.82) is 0 Å². The van der Waals surface area contributed by atoms with Crippen LogP contribution in [0.15, 0.2) is 18.3 Å². The molecule has 3 heterocycles. The molecule has 1 aliphatic rings. The van der Waals surface area contributed by atoms with Crippen LogP contribution in [0, 0.1) is 6.92 Å². The lowest BCUT2D eigenvalue weighted by Gasteiger charge is -2.25. The minimum atomic E-state index is 0.0219. The molecule has 2 aromatic rings. The molecule has 0 saturated carbocycles. The van der Waals surface area contributed by atoms with Crippen LogP contribution in [-0.4, -0.2) is 31.7 Å². The number of halogens is 1. The third-order valence-electron chi connectivity index (χ3n) is 4.21. The molecular weight excluding hydrogens is 288 g/mol. The first kappa shape index (κ1) is 14.2. The van der Waals surface area contributed by atoms with Crippen LogP contribution in [0.25, 0.3) is 0 Å². The average molecular weight is 307 g/mol. The van der Waals surface area contributed by atoms with E-state index in [-0.39, 0.29) is 11.9 Å². The number of carbonyl (C=O) groups is 1.